The van der Waals surface area contributed by atoms with Crippen LogP contribution < -0.4 is 10.1 Å². The van der Waals surface area contributed by atoms with Gasteiger partial charge < -0.3 is 10.1 Å². The fourth-order valence-corrected chi connectivity index (χ4v) is 3.46. The first-order valence-electron chi connectivity index (χ1n) is 6.19. The number of thiophene rings is 1. The van der Waals surface area contributed by atoms with Crippen LogP contribution in [0.4, 0.5) is 5.69 Å². The van der Waals surface area contributed by atoms with Gasteiger partial charge in [0.25, 0.3) is 0 Å². The van der Waals surface area contributed by atoms with Crippen molar-refractivity contribution in [1.82, 2.24) is 4.98 Å². The van der Waals surface area contributed by atoms with Gasteiger partial charge in [0.2, 0.25) is 5.88 Å². The minimum atomic E-state index is 0.110. The van der Waals surface area contributed by atoms with Crippen LogP contribution in [0.25, 0.3) is 0 Å². The van der Waals surface area contributed by atoms with Gasteiger partial charge in [0.15, 0.2) is 0 Å². The number of rotatable bonds is 5. The Bertz CT molecular complexity index is 542. The molecule has 102 valence electrons. The van der Waals surface area contributed by atoms with Crippen molar-refractivity contribution in [2.24, 2.45) is 0 Å². The Hall–Kier alpha value is -1.07. The topological polar surface area (TPSA) is 34.1 Å². The van der Waals surface area contributed by atoms with E-state index in [4.69, 9.17) is 4.74 Å². The van der Waals surface area contributed by atoms with Crippen molar-refractivity contribution in [1.29, 1.82) is 0 Å². The second-order valence-corrected chi connectivity index (χ2v) is 6.32. The summed E-state index contributed by atoms with van der Waals surface area (Å²) in [5.41, 5.74) is 0.920. The highest BCUT2D eigenvalue weighted by Crippen LogP contribution is 2.33. The maximum atomic E-state index is 5.71. The standard InChI is InChI=1S/C14H17BrN2OS/c1-9(2)18-14-12(5-4-7-16-14)17-10(3)13-11(15)6-8-19-13/h4-10,17H,1-3H3. The van der Waals surface area contributed by atoms with E-state index in [1.54, 1.807) is 17.5 Å². The lowest BCUT2D eigenvalue weighted by Gasteiger charge is -2.18. The summed E-state index contributed by atoms with van der Waals surface area (Å²) in [4.78, 5) is 5.55. The molecule has 0 saturated carbocycles. The predicted molar refractivity (Wildman–Crippen MR) is 84.1 cm³/mol. The first kappa shape index (κ1) is 14.3. The summed E-state index contributed by atoms with van der Waals surface area (Å²) in [7, 11) is 0. The fourth-order valence-electron chi connectivity index (χ4n) is 1.73. The van der Waals surface area contributed by atoms with Gasteiger partial charge >= 0.3 is 0 Å². The third kappa shape index (κ3) is 3.70. The van der Waals surface area contributed by atoms with Gasteiger partial charge in [-0.25, -0.2) is 4.98 Å². The van der Waals surface area contributed by atoms with Gasteiger partial charge in [-0.1, -0.05) is 0 Å². The molecule has 2 rings (SSSR count). The Morgan fingerprint density at radius 2 is 2.11 bits per heavy atom. The zero-order valence-corrected chi connectivity index (χ0v) is 13.6. The lowest BCUT2D eigenvalue weighted by atomic mass is 10.2. The summed E-state index contributed by atoms with van der Waals surface area (Å²) in [6, 6.07) is 6.16. The van der Waals surface area contributed by atoms with Gasteiger partial charge in [0.1, 0.15) is 0 Å². The van der Waals surface area contributed by atoms with Crippen molar-refractivity contribution >= 4 is 33.0 Å². The second kappa shape index (κ2) is 6.39. The van der Waals surface area contributed by atoms with Crippen molar-refractivity contribution in [2.45, 2.75) is 32.9 Å². The van der Waals surface area contributed by atoms with Crippen molar-refractivity contribution < 1.29 is 4.74 Å². The molecule has 19 heavy (non-hydrogen) atoms. The third-order valence-electron chi connectivity index (χ3n) is 2.53. The molecule has 1 unspecified atom stereocenters. The molecule has 1 atom stereocenters. The molecule has 5 heteroatoms. The smallest absolute Gasteiger partial charge is 0.237 e. The molecule has 2 heterocycles. The van der Waals surface area contributed by atoms with Crippen LogP contribution in [-0.2, 0) is 0 Å². The first-order chi connectivity index (χ1) is 9.08. The maximum absolute atomic E-state index is 5.71. The number of anilines is 1. The van der Waals surface area contributed by atoms with E-state index in [1.165, 1.54) is 4.88 Å². The molecule has 2 aromatic rings. The van der Waals surface area contributed by atoms with Crippen molar-refractivity contribution in [3.63, 3.8) is 0 Å². The molecule has 0 aliphatic heterocycles. The molecule has 3 nitrogen and oxygen atoms in total. The highest BCUT2D eigenvalue weighted by Gasteiger charge is 2.14. The largest absolute Gasteiger partial charge is 0.473 e. The molecule has 0 amide bonds. The lowest BCUT2D eigenvalue weighted by molar-refractivity contribution is 0.234. The van der Waals surface area contributed by atoms with Gasteiger partial charge in [-0.15, -0.1) is 11.3 Å². The Labute approximate surface area is 126 Å². The normalized spacial score (nSPS) is 12.5. The fraction of sp³-hybridized carbons (Fsp3) is 0.357. The molecule has 2 aromatic heterocycles. The first-order valence-corrected chi connectivity index (χ1v) is 7.86. The number of nitrogens with zero attached hydrogens (tertiary/aromatic N) is 1. The number of hydrogen-bond donors (Lipinski definition) is 1. The van der Waals surface area contributed by atoms with E-state index in [0.717, 1.165) is 10.2 Å². The number of nitrogens with one attached hydrogen (secondary N) is 1. The van der Waals surface area contributed by atoms with Crippen molar-refractivity contribution in [3.05, 3.63) is 39.1 Å². The zero-order valence-electron chi connectivity index (χ0n) is 11.2. The van der Waals surface area contributed by atoms with Gasteiger partial charge in [-0.2, -0.15) is 0 Å². The zero-order chi connectivity index (χ0) is 13.8. The lowest BCUT2D eigenvalue weighted by Crippen LogP contribution is -2.11. The SMILES string of the molecule is CC(C)Oc1ncccc1NC(C)c1sccc1Br. The van der Waals surface area contributed by atoms with Crippen LogP contribution in [0.5, 0.6) is 5.88 Å². The van der Waals surface area contributed by atoms with Crippen molar-refractivity contribution in [2.75, 3.05) is 5.32 Å². The van der Waals surface area contributed by atoms with Crippen LogP contribution >= 0.6 is 27.3 Å². The molecule has 0 bridgehead atoms. The highest BCUT2D eigenvalue weighted by atomic mass is 79.9. The summed E-state index contributed by atoms with van der Waals surface area (Å²) >= 11 is 5.29. The van der Waals surface area contributed by atoms with E-state index in [-0.39, 0.29) is 12.1 Å². The van der Waals surface area contributed by atoms with E-state index in [0.29, 0.717) is 5.88 Å². The molecule has 0 aliphatic carbocycles. The molecule has 0 aliphatic rings. The Morgan fingerprint density at radius 1 is 1.32 bits per heavy atom. The van der Waals surface area contributed by atoms with Crippen LogP contribution in [0.15, 0.2) is 34.2 Å². The van der Waals surface area contributed by atoms with Gasteiger partial charge in [0, 0.05) is 15.5 Å². The predicted octanol–water partition coefficient (Wildman–Crippen LogP) is 4.87. The summed E-state index contributed by atoms with van der Waals surface area (Å²) < 4.78 is 6.84. The summed E-state index contributed by atoms with van der Waals surface area (Å²) in [5.74, 6) is 0.650. The molecule has 0 fully saturated rings. The molecule has 0 radical (unpaired) electrons. The van der Waals surface area contributed by atoms with E-state index in [2.05, 4.69) is 44.6 Å². The monoisotopic (exact) mass is 340 g/mol. The van der Waals surface area contributed by atoms with Crippen molar-refractivity contribution in [3.8, 4) is 5.88 Å². The molecule has 0 spiro atoms. The van der Waals surface area contributed by atoms with E-state index in [1.807, 2.05) is 26.0 Å². The summed E-state index contributed by atoms with van der Waals surface area (Å²) in [6.45, 7) is 6.12. The van der Waals surface area contributed by atoms with Crippen LogP contribution in [0.1, 0.15) is 31.7 Å². The van der Waals surface area contributed by atoms with Crippen LogP contribution in [0.3, 0.4) is 0 Å². The van der Waals surface area contributed by atoms with Crippen LogP contribution in [0, 0.1) is 0 Å². The molecule has 0 saturated heterocycles. The minimum absolute atomic E-state index is 0.110. The molecular weight excluding hydrogens is 324 g/mol. The number of halogens is 1. The van der Waals surface area contributed by atoms with Gasteiger partial charge in [-0.05, 0) is 60.3 Å². The Balaban J connectivity index is 2.17. The number of hydrogen-bond acceptors (Lipinski definition) is 4. The average molecular weight is 341 g/mol. The average Bonchev–Trinajstić information content (AvgIpc) is 2.77. The minimum Gasteiger partial charge on any atom is -0.473 e. The Morgan fingerprint density at radius 3 is 2.74 bits per heavy atom. The quantitative estimate of drug-likeness (QED) is 0.843. The van der Waals surface area contributed by atoms with E-state index >= 15 is 0 Å². The molecule has 1 N–H and O–H groups in total. The van der Waals surface area contributed by atoms with Crippen LogP contribution in [0.2, 0.25) is 0 Å². The highest BCUT2D eigenvalue weighted by molar-refractivity contribution is 9.10. The van der Waals surface area contributed by atoms with E-state index < -0.39 is 0 Å². The number of aromatic nitrogens is 1. The number of pyridine rings is 1. The van der Waals surface area contributed by atoms with Gasteiger partial charge in [0.05, 0.1) is 17.8 Å². The summed E-state index contributed by atoms with van der Waals surface area (Å²) in [6.07, 6.45) is 1.86. The maximum Gasteiger partial charge on any atom is 0.237 e. The Kier molecular flexibility index (Phi) is 4.82. The van der Waals surface area contributed by atoms with E-state index in [9.17, 15) is 0 Å². The second-order valence-electron chi connectivity index (χ2n) is 4.52. The van der Waals surface area contributed by atoms with Gasteiger partial charge in [-0.3, -0.25) is 0 Å². The number of ether oxygens (including phenoxy) is 1. The van der Waals surface area contributed by atoms with Crippen LogP contribution in [-0.4, -0.2) is 11.1 Å². The molecule has 0 aromatic carbocycles. The third-order valence-corrected chi connectivity index (χ3v) is 4.58. The molecular formula is C14H17BrN2OS. The summed E-state index contributed by atoms with van der Waals surface area (Å²) in [5, 5.41) is 5.53.